The minimum Gasteiger partial charge on any atom is -0.390 e. The third-order valence-corrected chi connectivity index (χ3v) is 5.22. The van der Waals surface area contributed by atoms with Crippen molar-refractivity contribution in [2.45, 2.75) is 45.2 Å². The first-order valence-corrected chi connectivity index (χ1v) is 10.0. The van der Waals surface area contributed by atoms with Crippen LogP contribution in [0.4, 0.5) is 5.69 Å². The number of aliphatic hydroxyl groups is 1. The van der Waals surface area contributed by atoms with Crippen molar-refractivity contribution in [2.75, 3.05) is 25.1 Å². The Bertz CT molecular complexity index is 827. The van der Waals surface area contributed by atoms with Gasteiger partial charge in [0.05, 0.1) is 12.3 Å². The smallest absolute Gasteiger partial charge is 0.0852 e. The number of hydrogen-bond donors (Lipinski definition) is 4. The van der Waals surface area contributed by atoms with E-state index in [1.165, 1.54) is 5.56 Å². The van der Waals surface area contributed by atoms with Gasteiger partial charge in [0.15, 0.2) is 0 Å². The molecule has 3 rings (SSSR count). The Kier molecular flexibility index (Phi) is 6.83. The summed E-state index contributed by atoms with van der Waals surface area (Å²) in [5, 5.41) is 21.1. The number of nitrogens with two attached hydrogens (primary N) is 1. The highest BCUT2D eigenvalue weighted by Gasteiger charge is 2.18. The number of rotatable bonds is 7. The summed E-state index contributed by atoms with van der Waals surface area (Å²) in [5.41, 5.74) is 12.4. The van der Waals surface area contributed by atoms with Crippen LogP contribution in [0.5, 0.6) is 0 Å². The van der Waals surface area contributed by atoms with E-state index in [2.05, 4.69) is 43.4 Å². The van der Waals surface area contributed by atoms with Gasteiger partial charge in [-0.05, 0) is 73.1 Å². The molecule has 5 N–H and O–H groups in total. The first-order chi connectivity index (χ1) is 13.5. The fourth-order valence-corrected chi connectivity index (χ4v) is 3.77. The molecule has 5 heteroatoms. The molecule has 0 aromatic heterocycles. The van der Waals surface area contributed by atoms with E-state index < -0.39 is 0 Å². The molecule has 5 nitrogen and oxygen atoms in total. The molecule has 0 aliphatic carbocycles. The largest absolute Gasteiger partial charge is 0.390 e. The van der Waals surface area contributed by atoms with Gasteiger partial charge in [-0.15, -0.1) is 0 Å². The van der Waals surface area contributed by atoms with Gasteiger partial charge in [0.1, 0.15) is 0 Å². The summed E-state index contributed by atoms with van der Waals surface area (Å²) in [5.74, 6) is 0.496. The highest BCUT2D eigenvalue weighted by molar-refractivity contribution is 6.04. The average Bonchev–Trinajstić information content (AvgIpc) is 2.73. The third kappa shape index (κ3) is 4.79. The predicted molar refractivity (Wildman–Crippen MR) is 115 cm³/mol. The fourth-order valence-electron chi connectivity index (χ4n) is 3.77. The lowest BCUT2D eigenvalue weighted by Gasteiger charge is -2.24. The standard InChI is InChI=1S/C23H31N3O2/c1-15(2)26-23-4-3-18(12-21(23)22(25)14-27)20-10-16(13-24)9-19(11-20)17-5-7-28-8-6-17/h3-4,9-12,15,17,25-27H,5-8,13-14,24H2,1-2H3. The highest BCUT2D eigenvalue weighted by Crippen LogP contribution is 2.33. The second-order valence-electron chi connectivity index (χ2n) is 7.75. The van der Waals surface area contributed by atoms with Gasteiger partial charge in [-0.25, -0.2) is 0 Å². The number of anilines is 1. The summed E-state index contributed by atoms with van der Waals surface area (Å²) in [4.78, 5) is 0. The molecule has 1 aliphatic rings. The molecule has 2 aromatic rings. The van der Waals surface area contributed by atoms with Crippen molar-refractivity contribution in [2.24, 2.45) is 5.73 Å². The normalized spacial score (nSPS) is 15.0. The number of benzene rings is 2. The van der Waals surface area contributed by atoms with Gasteiger partial charge in [-0.1, -0.05) is 18.2 Å². The summed E-state index contributed by atoms with van der Waals surface area (Å²) in [6, 6.07) is 12.9. The van der Waals surface area contributed by atoms with Gasteiger partial charge >= 0.3 is 0 Å². The van der Waals surface area contributed by atoms with E-state index in [-0.39, 0.29) is 18.4 Å². The summed E-state index contributed by atoms with van der Waals surface area (Å²) in [6.45, 7) is 5.94. The Morgan fingerprint density at radius 3 is 2.57 bits per heavy atom. The van der Waals surface area contributed by atoms with E-state index in [1.807, 2.05) is 12.1 Å². The number of hydrogen-bond acceptors (Lipinski definition) is 5. The van der Waals surface area contributed by atoms with E-state index in [9.17, 15) is 5.11 Å². The van der Waals surface area contributed by atoms with Crippen LogP contribution in [-0.2, 0) is 11.3 Å². The van der Waals surface area contributed by atoms with Crippen LogP contribution in [-0.4, -0.2) is 36.7 Å². The Balaban J connectivity index is 2.03. The quantitative estimate of drug-likeness (QED) is 0.548. The van der Waals surface area contributed by atoms with Crippen LogP contribution >= 0.6 is 0 Å². The Hall–Kier alpha value is -2.21. The van der Waals surface area contributed by atoms with Crippen molar-refractivity contribution in [1.82, 2.24) is 0 Å². The van der Waals surface area contributed by atoms with Crippen LogP contribution in [0.25, 0.3) is 11.1 Å². The van der Waals surface area contributed by atoms with Crippen LogP contribution < -0.4 is 11.1 Å². The van der Waals surface area contributed by atoms with Gasteiger partial charge in [-0.3, -0.25) is 0 Å². The number of aliphatic hydroxyl groups excluding tert-OH is 1. The van der Waals surface area contributed by atoms with E-state index in [0.717, 1.165) is 54.0 Å². The molecule has 0 spiro atoms. The van der Waals surface area contributed by atoms with Crippen LogP contribution in [0.3, 0.4) is 0 Å². The Morgan fingerprint density at radius 2 is 1.93 bits per heavy atom. The van der Waals surface area contributed by atoms with Gasteiger partial charge in [0.25, 0.3) is 0 Å². The lowest BCUT2D eigenvalue weighted by Crippen LogP contribution is -2.15. The molecule has 0 saturated carbocycles. The van der Waals surface area contributed by atoms with Crippen molar-refractivity contribution in [3.63, 3.8) is 0 Å². The third-order valence-electron chi connectivity index (χ3n) is 5.22. The minimum absolute atomic E-state index is 0.213. The molecule has 0 radical (unpaired) electrons. The van der Waals surface area contributed by atoms with Crippen LogP contribution in [0.2, 0.25) is 0 Å². The molecule has 0 amide bonds. The zero-order chi connectivity index (χ0) is 20.1. The molecular weight excluding hydrogens is 350 g/mol. The summed E-state index contributed by atoms with van der Waals surface area (Å²) < 4.78 is 5.51. The zero-order valence-electron chi connectivity index (χ0n) is 16.8. The molecule has 0 unspecified atom stereocenters. The highest BCUT2D eigenvalue weighted by atomic mass is 16.5. The molecule has 2 aromatic carbocycles. The Labute approximate surface area is 167 Å². The van der Waals surface area contributed by atoms with E-state index in [0.29, 0.717) is 12.5 Å². The SMILES string of the molecule is CC(C)Nc1ccc(-c2cc(CN)cc(C3CCOCC3)c2)cc1C(=N)CO. The van der Waals surface area contributed by atoms with Gasteiger partial charge < -0.3 is 26.3 Å². The van der Waals surface area contributed by atoms with Gasteiger partial charge in [-0.2, -0.15) is 0 Å². The molecule has 1 aliphatic heterocycles. The van der Waals surface area contributed by atoms with Crippen molar-refractivity contribution in [1.29, 1.82) is 5.41 Å². The molecule has 1 saturated heterocycles. The maximum atomic E-state index is 9.52. The molecule has 28 heavy (non-hydrogen) atoms. The molecule has 1 heterocycles. The summed E-state index contributed by atoms with van der Waals surface area (Å²) in [6.07, 6.45) is 2.07. The van der Waals surface area contributed by atoms with Crippen LogP contribution in [0.15, 0.2) is 36.4 Å². The maximum Gasteiger partial charge on any atom is 0.0852 e. The lowest BCUT2D eigenvalue weighted by atomic mass is 9.87. The van der Waals surface area contributed by atoms with E-state index in [1.54, 1.807) is 0 Å². The average molecular weight is 382 g/mol. The summed E-state index contributed by atoms with van der Waals surface area (Å²) >= 11 is 0. The fraction of sp³-hybridized carbons (Fsp3) is 0.435. The lowest BCUT2D eigenvalue weighted by molar-refractivity contribution is 0.0853. The van der Waals surface area contributed by atoms with Crippen molar-refractivity contribution in [3.05, 3.63) is 53.1 Å². The monoisotopic (exact) mass is 381 g/mol. The second kappa shape index (κ2) is 9.32. The first-order valence-electron chi connectivity index (χ1n) is 10.0. The molecule has 0 bridgehead atoms. The zero-order valence-corrected chi connectivity index (χ0v) is 16.8. The molecule has 0 atom stereocenters. The predicted octanol–water partition coefficient (Wildman–Crippen LogP) is 3.89. The number of ether oxygens (including phenoxy) is 1. The minimum atomic E-state index is -0.285. The van der Waals surface area contributed by atoms with Crippen molar-refractivity contribution >= 4 is 11.4 Å². The van der Waals surface area contributed by atoms with Crippen LogP contribution in [0.1, 0.15) is 49.3 Å². The van der Waals surface area contributed by atoms with Gasteiger partial charge in [0.2, 0.25) is 0 Å². The first kappa shape index (κ1) is 20.5. The maximum absolute atomic E-state index is 9.52. The molecule has 150 valence electrons. The van der Waals surface area contributed by atoms with E-state index >= 15 is 0 Å². The molecular formula is C23H31N3O2. The number of nitrogens with one attached hydrogen (secondary N) is 2. The van der Waals surface area contributed by atoms with Crippen molar-refractivity contribution < 1.29 is 9.84 Å². The Morgan fingerprint density at radius 1 is 1.18 bits per heavy atom. The second-order valence-corrected chi connectivity index (χ2v) is 7.75. The molecule has 1 fully saturated rings. The van der Waals surface area contributed by atoms with E-state index in [4.69, 9.17) is 15.9 Å². The van der Waals surface area contributed by atoms with Gasteiger partial charge in [0, 0.05) is 37.1 Å². The summed E-state index contributed by atoms with van der Waals surface area (Å²) in [7, 11) is 0. The van der Waals surface area contributed by atoms with Crippen molar-refractivity contribution in [3.8, 4) is 11.1 Å². The topological polar surface area (TPSA) is 91.4 Å². The van der Waals surface area contributed by atoms with Crippen LogP contribution in [0, 0.1) is 5.41 Å².